The number of carboxylic acid groups (broad SMARTS) is 1. The molecule has 1 aromatic carbocycles. The normalized spacial score (nSPS) is 12.1. The van der Waals surface area contributed by atoms with E-state index in [0.29, 0.717) is 36.9 Å². The van der Waals surface area contributed by atoms with Crippen molar-refractivity contribution in [3.63, 3.8) is 0 Å². The van der Waals surface area contributed by atoms with Crippen molar-refractivity contribution in [3.8, 4) is 5.75 Å². The minimum absolute atomic E-state index is 0.457. The third-order valence-corrected chi connectivity index (χ3v) is 3.31. The van der Waals surface area contributed by atoms with Crippen LogP contribution >= 0.6 is 11.6 Å². The highest BCUT2D eigenvalue weighted by molar-refractivity contribution is 6.31. The predicted octanol–water partition coefficient (Wildman–Crippen LogP) is 2.71. The zero-order valence-corrected chi connectivity index (χ0v) is 13.2. The van der Waals surface area contributed by atoms with E-state index in [1.807, 2.05) is 6.92 Å². The molecule has 0 saturated carbocycles. The lowest BCUT2D eigenvalue weighted by molar-refractivity contribution is -0.145. The smallest absolute Gasteiger partial charge is 0.344 e. The second-order valence-electron chi connectivity index (χ2n) is 4.62. The third kappa shape index (κ3) is 5.91. The van der Waals surface area contributed by atoms with Crippen molar-refractivity contribution in [2.24, 2.45) is 0 Å². The van der Waals surface area contributed by atoms with E-state index in [9.17, 15) is 9.90 Å². The molecule has 0 heterocycles. The van der Waals surface area contributed by atoms with Crippen LogP contribution in [0.1, 0.15) is 25.3 Å². The van der Waals surface area contributed by atoms with Gasteiger partial charge >= 0.3 is 5.97 Å². The zero-order chi connectivity index (χ0) is 15.7. The van der Waals surface area contributed by atoms with E-state index in [4.69, 9.17) is 21.1 Å². The highest BCUT2D eigenvalue weighted by Gasteiger charge is 2.20. The minimum atomic E-state index is -0.963. The highest BCUT2D eigenvalue weighted by atomic mass is 35.5. The summed E-state index contributed by atoms with van der Waals surface area (Å²) in [6, 6.07) is 5.25. The number of nitrogens with one attached hydrogen (secondary N) is 1. The van der Waals surface area contributed by atoms with Crippen molar-refractivity contribution >= 4 is 17.6 Å². The second kappa shape index (κ2) is 9.60. The first kappa shape index (κ1) is 17.8. The topological polar surface area (TPSA) is 67.8 Å². The van der Waals surface area contributed by atoms with Gasteiger partial charge in [-0.05, 0) is 18.6 Å². The van der Waals surface area contributed by atoms with E-state index in [1.54, 1.807) is 25.3 Å². The number of aliphatic carboxylic acids is 1. The van der Waals surface area contributed by atoms with Crippen molar-refractivity contribution < 1.29 is 19.4 Å². The van der Waals surface area contributed by atoms with Crippen molar-refractivity contribution in [2.45, 2.75) is 32.4 Å². The van der Waals surface area contributed by atoms with Gasteiger partial charge in [-0.1, -0.05) is 31.0 Å². The van der Waals surface area contributed by atoms with Crippen LogP contribution in [0.2, 0.25) is 5.02 Å². The second-order valence-corrected chi connectivity index (χ2v) is 5.03. The molecule has 1 rings (SSSR count). The molecular formula is C15H22ClNO4. The number of halogens is 1. The molecule has 0 aromatic heterocycles. The van der Waals surface area contributed by atoms with Gasteiger partial charge in [0, 0.05) is 30.8 Å². The Morgan fingerprint density at radius 3 is 2.86 bits per heavy atom. The molecule has 0 amide bonds. The van der Waals surface area contributed by atoms with Crippen LogP contribution in [0.4, 0.5) is 0 Å². The quantitative estimate of drug-likeness (QED) is 0.650. The maximum absolute atomic E-state index is 11.2. The molecule has 0 aliphatic rings. The molecule has 0 radical (unpaired) electrons. The summed E-state index contributed by atoms with van der Waals surface area (Å²) < 4.78 is 10.6. The first-order valence-electron chi connectivity index (χ1n) is 6.96. The van der Waals surface area contributed by atoms with Crippen LogP contribution in [0.15, 0.2) is 18.2 Å². The Balaban J connectivity index is 2.80. The highest BCUT2D eigenvalue weighted by Crippen LogP contribution is 2.27. The number of hydrogen-bond donors (Lipinski definition) is 2. The van der Waals surface area contributed by atoms with Gasteiger partial charge in [0.25, 0.3) is 0 Å². The van der Waals surface area contributed by atoms with Crippen LogP contribution in [0.5, 0.6) is 5.75 Å². The molecule has 0 saturated heterocycles. The molecule has 0 aliphatic heterocycles. The van der Waals surface area contributed by atoms with Crippen LogP contribution in [0, 0.1) is 0 Å². The lowest BCUT2D eigenvalue weighted by Gasteiger charge is -2.18. The Morgan fingerprint density at radius 2 is 2.24 bits per heavy atom. The molecule has 0 aliphatic carbocycles. The summed E-state index contributed by atoms with van der Waals surface area (Å²) in [7, 11) is 1.63. The Labute approximate surface area is 130 Å². The average Bonchev–Trinajstić information content (AvgIpc) is 2.45. The molecule has 21 heavy (non-hydrogen) atoms. The standard InChI is InChI=1S/C15H22ClNO4/c1-3-5-14(15(18)19)21-13-7-4-6-12(16)11(13)10-17-8-9-20-2/h4,6-7,14,17H,3,5,8-10H2,1-2H3,(H,18,19). The van der Waals surface area contributed by atoms with Crippen LogP contribution in [0.3, 0.4) is 0 Å². The maximum Gasteiger partial charge on any atom is 0.344 e. The summed E-state index contributed by atoms with van der Waals surface area (Å²) in [6.07, 6.45) is 0.336. The molecule has 118 valence electrons. The Bertz CT molecular complexity index is 453. The number of hydrogen-bond acceptors (Lipinski definition) is 4. The Morgan fingerprint density at radius 1 is 1.48 bits per heavy atom. The average molecular weight is 316 g/mol. The summed E-state index contributed by atoms with van der Waals surface area (Å²) in [4.78, 5) is 11.2. The molecule has 2 N–H and O–H groups in total. The number of benzene rings is 1. The fourth-order valence-corrected chi connectivity index (χ4v) is 2.09. The molecule has 0 fully saturated rings. The molecule has 6 heteroatoms. The molecule has 0 bridgehead atoms. The fraction of sp³-hybridized carbons (Fsp3) is 0.533. The van der Waals surface area contributed by atoms with E-state index in [1.165, 1.54) is 0 Å². The van der Waals surface area contributed by atoms with Gasteiger partial charge in [0.05, 0.1) is 6.61 Å². The van der Waals surface area contributed by atoms with Crippen molar-refractivity contribution in [1.82, 2.24) is 5.32 Å². The molecule has 0 spiro atoms. The van der Waals surface area contributed by atoms with Crippen LogP contribution in [0.25, 0.3) is 0 Å². The van der Waals surface area contributed by atoms with Gasteiger partial charge in [-0.3, -0.25) is 0 Å². The van der Waals surface area contributed by atoms with Gasteiger partial charge in [-0.2, -0.15) is 0 Å². The van der Waals surface area contributed by atoms with Gasteiger partial charge in [0.15, 0.2) is 6.10 Å². The predicted molar refractivity (Wildman–Crippen MR) is 82.0 cm³/mol. The third-order valence-electron chi connectivity index (χ3n) is 2.96. The number of carboxylic acids is 1. The summed E-state index contributed by atoms with van der Waals surface area (Å²) >= 11 is 6.18. The SMILES string of the molecule is CCCC(Oc1cccc(Cl)c1CNCCOC)C(=O)O. The zero-order valence-electron chi connectivity index (χ0n) is 12.4. The molecule has 1 aromatic rings. The first-order valence-corrected chi connectivity index (χ1v) is 7.34. The molecule has 5 nitrogen and oxygen atoms in total. The summed E-state index contributed by atoms with van der Waals surface area (Å²) in [6.45, 7) is 3.69. The van der Waals surface area contributed by atoms with Crippen LogP contribution < -0.4 is 10.1 Å². The fourth-order valence-electron chi connectivity index (χ4n) is 1.86. The van der Waals surface area contributed by atoms with Gasteiger partial charge in [-0.15, -0.1) is 0 Å². The Kier molecular flexibility index (Phi) is 8.12. The van der Waals surface area contributed by atoms with Gasteiger partial charge in [0.1, 0.15) is 5.75 Å². The first-order chi connectivity index (χ1) is 10.1. The molecule has 1 atom stereocenters. The number of ether oxygens (including phenoxy) is 2. The van der Waals surface area contributed by atoms with E-state index in [2.05, 4.69) is 5.32 Å². The van der Waals surface area contributed by atoms with Crippen molar-refractivity contribution in [3.05, 3.63) is 28.8 Å². The number of methoxy groups -OCH3 is 1. The summed E-state index contributed by atoms with van der Waals surface area (Å²) in [5.74, 6) is -0.455. The van der Waals surface area contributed by atoms with Crippen molar-refractivity contribution in [2.75, 3.05) is 20.3 Å². The lowest BCUT2D eigenvalue weighted by Crippen LogP contribution is -2.27. The van der Waals surface area contributed by atoms with Gasteiger partial charge < -0.3 is 19.9 Å². The summed E-state index contributed by atoms with van der Waals surface area (Å²) in [5.41, 5.74) is 0.762. The summed E-state index contributed by atoms with van der Waals surface area (Å²) in [5, 5.41) is 12.9. The molecular weight excluding hydrogens is 294 g/mol. The van der Waals surface area contributed by atoms with Gasteiger partial charge in [-0.25, -0.2) is 4.79 Å². The van der Waals surface area contributed by atoms with E-state index in [0.717, 1.165) is 12.0 Å². The molecule has 1 unspecified atom stereocenters. The number of rotatable bonds is 10. The minimum Gasteiger partial charge on any atom is -0.479 e. The van der Waals surface area contributed by atoms with Crippen molar-refractivity contribution in [1.29, 1.82) is 0 Å². The van der Waals surface area contributed by atoms with E-state index >= 15 is 0 Å². The number of carbonyl (C=O) groups is 1. The van der Waals surface area contributed by atoms with E-state index < -0.39 is 12.1 Å². The monoisotopic (exact) mass is 315 g/mol. The van der Waals surface area contributed by atoms with Crippen LogP contribution in [-0.4, -0.2) is 37.4 Å². The Hall–Kier alpha value is -1.30. The largest absolute Gasteiger partial charge is 0.479 e. The van der Waals surface area contributed by atoms with Crippen LogP contribution in [-0.2, 0) is 16.1 Å². The van der Waals surface area contributed by atoms with Gasteiger partial charge in [0.2, 0.25) is 0 Å². The van der Waals surface area contributed by atoms with E-state index in [-0.39, 0.29) is 0 Å². The maximum atomic E-state index is 11.2. The lowest BCUT2D eigenvalue weighted by atomic mass is 10.1.